The van der Waals surface area contributed by atoms with Crippen LogP contribution in [0.4, 0.5) is 0 Å². The molecule has 1 fully saturated rings. The summed E-state index contributed by atoms with van der Waals surface area (Å²) in [7, 11) is 0. The molecular weight excluding hydrogens is 244 g/mol. The van der Waals surface area contributed by atoms with Crippen LogP contribution < -0.4 is 10.6 Å². The zero-order valence-electron chi connectivity index (χ0n) is 10.6. The minimum Gasteiger partial charge on any atom is -0.367 e. The molecule has 0 spiro atoms. The summed E-state index contributed by atoms with van der Waals surface area (Å²) >= 11 is 0. The van der Waals surface area contributed by atoms with Gasteiger partial charge in [0.15, 0.2) is 5.72 Å². The van der Waals surface area contributed by atoms with Crippen LogP contribution in [-0.2, 0) is 16.0 Å². The molecule has 5 heteroatoms. The zero-order valence-corrected chi connectivity index (χ0v) is 10.6. The molecule has 0 bridgehead atoms. The Morgan fingerprint density at radius 3 is 2.79 bits per heavy atom. The predicted octanol–water partition coefficient (Wildman–Crippen LogP) is -0.104. The third-order valence-electron chi connectivity index (χ3n) is 3.24. The molecule has 101 valence electrons. The highest BCUT2D eigenvalue weighted by molar-refractivity contribution is 5.87. The predicted molar refractivity (Wildman–Crippen MR) is 70.0 cm³/mol. The van der Waals surface area contributed by atoms with Crippen LogP contribution in [0.25, 0.3) is 0 Å². The van der Waals surface area contributed by atoms with Gasteiger partial charge in [-0.2, -0.15) is 0 Å². The topological polar surface area (TPSA) is 78.4 Å². The number of amides is 1. The Morgan fingerprint density at radius 1 is 1.47 bits per heavy atom. The van der Waals surface area contributed by atoms with E-state index < -0.39 is 17.7 Å². The minimum absolute atomic E-state index is 0.357. The molecule has 1 aliphatic rings. The third-order valence-corrected chi connectivity index (χ3v) is 3.24. The quantitative estimate of drug-likeness (QED) is 0.691. The van der Waals surface area contributed by atoms with Gasteiger partial charge in [-0.05, 0) is 18.5 Å². The lowest BCUT2D eigenvalue weighted by Gasteiger charge is -2.23. The Hall–Kier alpha value is -1.72. The van der Waals surface area contributed by atoms with Crippen LogP contribution in [0.15, 0.2) is 30.3 Å². The van der Waals surface area contributed by atoms with Crippen molar-refractivity contribution < 1.29 is 14.7 Å². The van der Waals surface area contributed by atoms with Gasteiger partial charge in [0.2, 0.25) is 6.29 Å². The Kier molecular flexibility index (Phi) is 4.29. The van der Waals surface area contributed by atoms with E-state index in [1.807, 2.05) is 30.3 Å². The molecule has 1 aromatic rings. The van der Waals surface area contributed by atoms with Crippen molar-refractivity contribution in [2.75, 3.05) is 6.54 Å². The highest BCUT2D eigenvalue weighted by Gasteiger charge is 2.39. The number of rotatable bonds is 5. The monoisotopic (exact) mass is 261 g/mol. The van der Waals surface area contributed by atoms with E-state index in [1.165, 1.54) is 0 Å². The van der Waals surface area contributed by atoms with Gasteiger partial charge in [0.05, 0.1) is 6.04 Å². The second-order valence-corrected chi connectivity index (χ2v) is 4.72. The molecule has 0 aliphatic carbocycles. The van der Waals surface area contributed by atoms with E-state index in [-0.39, 0.29) is 0 Å². The lowest BCUT2D eigenvalue weighted by molar-refractivity contribution is -0.141. The van der Waals surface area contributed by atoms with E-state index in [2.05, 4.69) is 10.6 Å². The van der Waals surface area contributed by atoms with Gasteiger partial charge in [-0.3, -0.25) is 14.9 Å². The second kappa shape index (κ2) is 5.95. The van der Waals surface area contributed by atoms with Crippen LogP contribution in [0.3, 0.4) is 0 Å². The molecule has 1 aromatic carbocycles. The number of benzene rings is 1. The summed E-state index contributed by atoms with van der Waals surface area (Å²) in [5, 5.41) is 15.3. The van der Waals surface area contributed by atoms with E-state index in [1.54, 1.807) is 6.29 Å². The van der Waals surface area contributed by atoms with Gasteiger partial charge in [-0.25, -0.2) is 0 Å². The van der Waals surface area contributed by atoms with E-state index in [0.717, 1.165) is 12.0 Å². The average Bonchev–Trinajstić information content (AvgIpc) is 2.87. The van der Waals surface area contributed by atoms with Gasteiger partial charge in [-0.1, -0.05) is 30.3 Å². The highest BCUT2D eigenvalue weighted by atomic mass is 16.3. The summed E-state index contributed by atoms with van der Waals surface area (Å²) < 4.78 is 0. The standard InChI is InChI=1S/C14H17N2O3/c17-10-12(9-11-5-2-1-3-6-11)16-13(18)14(19)7-4-8-15-14/h1-3,5-6,12,15,19H,4,7-9H2,(H,16,18)/t12-,14+/m0/s1. The number of nitrogens with one attached hydrogen (secondary N) is 2. The van der Waals surface area contributed by atoms with Gasteiger partial charge >= 0.3 is 0 Å². The number of carbonyl (C=O) groups is 1. The summed E-state index contributed by atoms with van der Waals surface area (Å²) in [6, 6.07) is 8.61. The Bertz CT molecular complexity index is 441. The molecule has 0 aromatic heterocycles. The first-order valence-corrected chi connectivity index (χ1v) is 6.34. The van der Waals surface area contributed by atoms with E-state index in [4.69, 9.17) is 0 Å². The fourth-order valence-electron chi connectivity index (χ4n) is 2.17. The normalized spacial score (nSPS) is 23.8. The molecular formula is C14H17N2O3. The summed E-state index contributed by atoms with van der Waals surface area (Å²) in [5.74, 6) is -0.561. The maximum absolute atomic E-state index is 11.9. The lowest BCUT2D eigenvalue weighted by atomic mass is 10.1. The smallest absolute Gasteiger partial charge is 0.267 e. The van der Waals surface area contributed by atoms with Crippen LogP contribution in [-0.4, -0.2) is 35.6 Å². The van der Waals surface area contributed by atoms with E-state index in [0.29, 0.717) is 19.4 Å². The summed E-state index contributed by atoms with van der Waals surface area (Å²) in [5.41, 5.74) is -0.617. The highest BCUT2D eigenvalue weighted by Crippen LogP contribution is 2.16. The summed E-state index contributed by atoms with van der Waals surface area (Å²) in [6.07, 6.45) is 3.26. The maximum atomic E-state index is 11.9. The van der Waals surface area contributed by atoms with Crippen LogP contribution in [0.5, 0.6) is 0 Å². The molecule has 19 heavy (non-hydrogen) atoms. The minimum atomic E-state index is -1.55. The van der Waals surface area contributed by atoms with E-state index >= 15 is 0 Å². The fourth-order valence-corrected chi connectivity index (χ4v) is 2.17. The zero-order chi connectivity index (χ0) is 13.7. The van der Waals surface area contributed by atoms with E-state index in [9.17, 15) is 14.7 Å². The van der Waals surface area contributed by atoms with Gasteiger partial charge < -0.3 is 10.4 Å². The first-order valence-electron chi connectivity index (χ1n) is 6.34. The van der Waals surface area contributed by atoms with Crippen LogP contribution in [0, 0.1) is 0 Å². The number of hydrogen-bond donors (Lipinski definition) is 3. The molecule has 0 unspecified atom stereocenters. The first kappa shape index (κ1) is 13.7. The molecule has 2 atom stereocenters. The van der Waals surface area contributed by atoms with Gasteiger partial charge in [-0.15, -0.1) is 0 Å². The molecule has 5 nitrogen and oxygen atoms in total. The number of aliphatic hydroxyl groups is 1. The Labute approximate surface area is 112 Å². The van der Waals surface area contributed by atoms with Crippen LogP contribution >= 0.6 is 0 Å². The second-order valence-electron chi connectivity index (χ2n) is 4.72. The molecule has 1 amide bonds. The van der Waals surface area contributed by atoms with Crippen molar-refractivity contribution in [3.8, 4) is 0 Å². The molecule has 2 rings (SSSR count). The molecule has 1 heterocycles. The summed E-state index contributed by atoms with van der Waals surface area (Å²) in [4.78, 5) is 22.8. The third kappa shape index (κ3) is 3.39. The van der Waals surface area contributed by atoms with Crippen LogP contribution in [0.2, 0.25) is 0 Å². The van der Waals surface area contributed by atoms with Crippen molar-refractivity contribution in [2.45, 2.75) is 31.0 Å². The molecule has 0 saturated carbocycles. The van der Waals surface area contributed by atoms with Crippen molar-refractivity contribution in [2.24, 2.45) is 0 Å². The lowest BCUT2D eigenvalue weighted by Crippen LogP contribution is -2.56. The first-order chi connectivity index (χ1) is 9.14. The maximum Gasteiger partial charge on any atom is 0.267 e. The van der Waals surface area contributed by atoms with Gasteiger partial charge in [0, 0.05) is 12.8 Å². The fraction of sp³-hybridized carbons (Fsp3) is 0.429. The number of carbonyl (C=O) groups excluding carboxylic acids is 2. The van der Waals surface area contributed by atoms with Crippen molar-refractivity contribution >= 4 is 12.2 Å². The van der Waals surface area contributed by atoms with Crippen molar-refractivity contribution in [1.82, 2.24) is 10.6 Å². The largest absolute Gasteiger partial charge is 0.367 e. The Balaban J connectivity index is 1.95. The molecule has 1 radical (unpaired) electrons. The molecule has 1 aliphatic heterocycles. The van der Waals surface area contributed by atoms with Crippen molar-refractivity contribution in [3.63, 3.8) is 0 Å². The SMILES string of the molecule is O=[C][C@H](Cc1ccccc1)NC(=O)[C@]1(O)CCCN1. The van der Waals surface area contributed by atoms with Gasteiger partial charge in [0.1, 0.15) is 0 Å². The van der Waals surface area contributed by atoms with Gasteiger partial charge in [0.25, 0.3) is 5.91 Å². The Morgan fingerprint density at radius 2 is 2.21 bits per heavy atom. The van der Waals surface area contributed by atoms with Crippen LogP contribution in [0.1, 0.15) is 18.4 Å². The summed E-state index contributed by atoms with van der Waals surface area (Å²) in [6.45, 7) is 0.595. The average molecular weight is 261 g/mol. The number of hydrogen-bond acceptors (Lipinski definition) is 4. The van der Waals surface area contributed by atoms with Crippen molar-refractivity contribution in [1.29, 1.82) is 0 Å². The molecule has 3 N–H and O–H groups in total. The van der Waals surface area contributed by atoms with Crippen molar-refractivity contribution in [3.05, 3.63) is 35.9 Å². The molecule has 1 saturated heterocycles.